The molecule has 0 aromatic carbocycles. The summed E-state index contributed by atoms with van der Waals surface area (Å²) in [7, 11) is 2.12. The van der Waals surface area contributed by atoms with Crippen LogP contribution in [-0.2, 0) is 13.2 Å². The minimum atomic E-state index is 0.421. The third-order valence-electron chi connectivity index (χ3n) is 2.86. The molecule has 110 valence electrons. The summed E-state index contributed by atoms with van der Waals surface area (Å²) >= 11 is 12.1. The van der Waals surface area contributed by atoms with Crippen molar-refractivity contribution in [3.63, 3.8) is 0 Å². The molecule has 8 heteroatoms. The molecule has 0 saturated carbocycles. The van der Waals surface area contributed by atoms with E-state index in [1.54, 1.807) is 27.4 Å². The van der Waals surface area contributed by atoms with Gasteiger partial charge < -0.3 is 9.32 Å². The van der Waals surface area contributed by atoms with E-state index in [0.29, 0.717) is 17.4 Å². The second-order valence-electron chi connectivity index (χ2n) is 4.65. The van der Waals surface area contributed by atoms with Gasteiger partial charge in [0.05, 0.1) is 20.6 Å². The zero-order chi connectivity index (χ0) is 14.8. The molecule has 0 bridgehead atoms. The summed E-state index contributed by atoms with van der Waals surface area (Å²) in [4.78, 5) is 4.05. The van der Waals surface area contributed by atoms with Crippen LogP contribution in [0.2, 0.25) is 0 Å². The molecule has 3 rings (SSSR count). The van der Waals surface area contributed by atoms with Crippen LogP contribution in [0.5, 0.6) is 0 Å². The molecule has 0 saturated heterocycles. The normalized spacial score (nSPS) is 12.7. The fourth-order valence-electron chi connectivity index (χ4n) is 1.96. The maximum absolute atomic E-state index is 5.57. The SMILES string of the molecule is C[NH+](Cc1ccc(Br)s1)Cn1nc(-c2cccs2)oc1=S. The van der Waals surface area contributed by atoms with Crippen LogP contribution in [0.25, 0.3) is 10.8 Å². The summed E-state index contributed by atoms with van der Waals surface area (Å²) in [5.74, 6) is 0.599. The van der Waals surface area contributed by atoms with Crippen LogP contribution in [0.4, 0.5) is 0 Å². The molecule has 1 unspecified atom stereocenters. The lowest BCUT2D eigenvalue weighted by Crippen LogP contribution is -3.06. The van der Waals surface area contributed by atoms with E-state index in [0.717, 1.165) is 15.2 Å². The number of halogens is 1. The lowest BCUT2D eigenvalue weighted by molar-refractivity contribution is -0.917. The molecule has 3 heterocycles. The van der Waals surface area contributed by atoms with Crippen LogP contribution in [0, 0.1) is 4.84 Å². The van der Waals surface area contributed by atoms with Crippen molar-refractivity contribution in [2.75, 3.05) is 7.05 Å². The largest absolute Gasteiger partial charge is 0.408 e. The summed E-state index contributed by atoms with van der Waals surface area (Å²) in [5.41, 5.74) is 0. The Morgan fingerprint density at radius 3 is 2.95 bits per heavy atom. The summed E-state index contributed by atoms with van der Waals surface area (Å²) in [6.07, 6.45) is 0. The van der Waals surface area contributed by atoms with Gasteiger partial charge in [-0.1, -0.05) is 6.07 Å². The minimum absolute atomic E-state index is 0.421. The summed E-state index contributed by atoms with van der Waals surface area (Å²) < 4.78 is 8.48. The molecule has 3 aromatic heterocycles. The van der Waals surface area contributed by atoms with Gasteiger partial charge in [0.1, 0.15) is 6.54 Å². The maximum Gasteiger partial charge on any atom is 0.292 e. The first-order chi connectivity index (χ1) is 10.1. The van der Waals surface area contributed by atoms with E-state index < -0.39 is 0 Å². The topological polar surface area (TPSA) is 35.4 Å². The molecule has 0 fully saturated rings. The van der Waals surface area contributed by atoms with Crippen LogP contribution >= 0.6 is 50.8 Å². The Kier molecular flexibility index (Phi) is 4.70. The molecule has 0 aliphatic heterocycles. The first kappa shape index (κ1) is 15.1. The molecule has 0 amide bonds. The van der Waals surface area contributed by atoms with Gasteiger partial charge in [-0.15, -0.1) is 27.8 Å². The van der Waals surface area contributed by atoms with E-state index in [2.05, 4.69) is 40.2 Å². The van der Waals surface area contributed by atoms with Crippen LogP contribution in [0.15, 0.2) is 37.8 Å². The second-order valence-corrected chi connectivity index (χ2v) is 8.49. The minimum Gasteiger partial charge on any atom is -0.408 e. The van der Waals surface area contributed by atoms with E-state index in [1.165, 1.54) is 9.78 Å². The lowest BCUT2D eigenvalue weighted by atomic mass is 10.4. The van der Waals surface area contributed by atoms with Gasteiger partial charge in [0.2, 0.25) is 0 Å². The van der Waals surface area contributed by atoms with Gasteiger partial charge in [-0.05, 0) is 51.7 Å². The van der Waals surface area contributed by atoms with Crippen molar-refractivity contribution in [2.24, 2.45) is 0 Å². The highest BCUT2D eigenvalue weighted by Crippen LogP contribution is 2.23. The van der Waals surface area contributed by atoms with Gasteiger partial charge in [-0.25, -0.2) is 0 Å². The molecule has 3 aromatic rings. The zero-order valence-electron chi connectivity index (χ0n) is 11.2. The number of nitrogens with one attached hydrogen (secondary N) is 1. The van der Waals surface area contributed by atoms with Crippen molar-refractivity contribution in [1.29, 1.82) is 0 Å². The fourth-order valence-corrected chi connectivity index (χ4v) is 4.39. The molecule has 0 aliphatic rings. The zero-order valence-corrected chi connectivity index (χ0v) is 15.2. The Hall–Kier alpha value is -0.800. The first-order valence-electron chi connectivity index (χ1n) is 6.29. The third-order valence-corrected chi connectivity index (χ3v) is 5.64. The Morgan fingerprint density at radius 1 is 1.43 bits per heavy atom. The standard InChI is InChI=1S/C13H12BrN3OS3/c1-16(7-9-4-5-11(14)21-9)8-17-13(19)18-12(15-17)10-3-2-6-20-10/h2-6H,7-8H2,1H3/p+1. The number of nitrogens with zero attached hydrogens (tertiary/aromatic N) is 2. The van der Waals surface area contributed by atoms with Crippen molar-refractivity contribution in [3.8, 4) is 10.8 Å². The highest BCUT2D eigenvalue weighted by molar-refractivity contribution is 9.11. The van der Waals surface area contributed by atoms with Crippen LogP contribution in [0.3, 0.4) is 0 Å². The predicted molar refractivity (Wildman–Crippen MR) is 91.2 cm³/mol. The molecule has 21 heavy (non-hydrogen) atoms. The van der Waals surface area contributed by atoms with Gasteiger partial charge in [0.25, 0.3) is 10.7 Å². The van der Waals surface area contributed by atoms with E-state index in [9.17, 15) is 0 Å². The molecule has 0 aliphatic carbocycles. The lowest BCUT2D eigenvalue weighted by Gasteiger charge is -2.11. The summed E-state index contributed by atoms with van der Waals surface area (Å²) in [5, 5.41) is 6.47. The average molecular weight is 403 g/mol. The number of rotatable bonds is 5. The smallest absolute Gasteiger partial charge is 0.292 e. The number of hydrogen-bond donors (Lipinski definition) is 1. The van der Waals surface area contributed by atoms with Gasteiger partial charge in [-0.3, -0.25) is 0 Å². The molecule has 4 nitrogen and oxygen atoms in total. The predicted octanol–water partition coefficient (Wildman–Crippen LogP) is 3.43. The summed E-state index contributed by atoms with van der Waals surface area (Å²) in [6, 6.07) is 8.17. The quantitative estimate of drug-likeness (QED) is 0.663. The molecule has 0 radical (unpaired) electrons. The van der Waals surface area contributed by atoms with E-state index in [4.69, 9.17) is 16.6 Å². The van der Waals surface area contributed by atoms with Gasteiger partial charge in [0, 0.05) is 0 Å². The summed E-state index contributed by atoms with van der Waals surface area (Å²) in [6.45, 7) is 1.61. The molecular formula is C13H13BrN3OS3+. The van der Waals surface area contributed by atoms with Crippen molar-refractivity contribution >= 4 is 50.8 Å². The van der Waals surface area contributed by atoms with Crippen molar-refractivity contribution in [2.45, 2.75) is 13.2 Å². The molecular weight excluding hydrogens is 390 g/mol. The number of aromatic nitrogens is 2. The van der Waals surface area contributed by atoms with E-state index >= 15 is 0 Å². The Morgan fingerprint density at radius 2 is 2.29 bits per heavy atom. The fraction of sp³-hybridized carbons (Fsp3) is 0.231. The third kappa shape index (κ3) is 3.70. The highest BCUT2D eigenvalue weighted by Gasteiger charge is 2.13. The van der Waals surface area contributed by atoms with Crippen LogP contribution in [0.1, 0.15) is 4.88 Å². The molecule has 1 N–H and O–H groups in total. The van der Waals surface area contributed by atoms with E-state index in [-0.39, 0.29) is 0 Å². The Balaban J connectivity index is 1.71. The Labute approximate surface area is 143 Å². The average Bonchev–Trinajstić information content (AvgIpc) is 3.13. The van der Waals surface area contributed by atoms with Crippen LogP contribution < -0.4 is 4.90 Å². The van der Waals surface area contributed by atoms with E-state index in [1.807, 2.05) is 17.5 Å². The second kappa shape index (κ2) is 6.53. The first-order valence-corrected chi connectivity index (χ1v) is 9.19. The molecule has 1 atom stereocenters. The number of thiophene rings is 2. The number of quaternary nitrogens is 1. The van der Waals surface area contributed by atoms with Crippen molar-refractivity contribution in [3.05, 3.63) is 43.1 Å². The molecule has 0 spiro atoms. The van der Waals surface area contributed by atoms with Crippen molar-refractivity contribution in [1.82, 2.24) is 9.78 Å². The maximum atomic E-state index is 5.57. The van der Waals surface area contributed by atoms with Gasteiger partial charge in [0.15, 0.2) is 6.67 Å². The van der Waals surface area contributed by atoms with Gasteiger partial charge >= 0.3 is 0 Å². The van der Waals surface area contributed by atoms with Gasteiger partial charge in [-0.2, -0.15) is 4.68 Å². The highest BCUT2D eigenvalue weighted by atomic mass is 79.9. The monoisotopic (exact) mass is 402 g/mol. The van der Waals surface area contributed by atoms with Crippen LogP contribution in [-0.4, -0.2) is 16.8 Å². The Bertz CT molecular complexity index is 775. The van der Waals surface area contributed by atoms with Crippen molar-refractivity contribution < 1.29 is 9.32 Å². The number of hydrogen-bond acceptors (Lipinski definition) is 5.